The lowest BCUT2D eigenvalue weighted by Gasteiger charge is -2.09. The molecule has 0 radical (unpaired) electrons. The number of allylic oxidation sites excluding steroid dienone is 2. The van der Waals surface area contributed by atoms with Gasteiger partial charge in [0.15, 0.2) is 0 Å². The van der Waals surface area contributed by atoms with E-state index in [2.05, 4.69) is 79.8 Å². The third kappa shape index (κ3) is 23.6. The first-order valence-corrected chi connectivity index (χ1v) is 14.1. The Morgan fingerprint density at radius 3 is 1.33 bits per heavy atom. The van der Waals surface area contributed by atoms with Gasteiger partial charge in [-0.05, 0) is 49.8 Å². The average Bonchev–Trinajstić information content (AvgIpc) is 2.80. The van der Waals surface area contributed by atoms with Crippen LogP contribution in [0.5, 0.6) is 0 Å². The van der Waals surface area contributed by atoms with E-state index in [1.54, 1.807) is 0 Å². The van der Waals surface area contributed by atoms with E-state index in [1.165, 1.54) is 92.9 Å². The van der Waals surface area contributed by atoms with Gasteiger partial charge < -0.3 is 0 Å². The maximum Gasteiger partial charge on any atom is -0.0199 e. The summed E-state index contributed by atoms with van der Waals surface area (Å²) in [6.07, 6.45) is 17.0. The number of rotatable bonds is 13. The van der Waals surface area contributed by atoms with Crippen molar-refractivity contribution in [3.63, 3.8) is 0 Å². The van der Waals surface area contributed by atoms with E-state index in [1.807, 2.05) is 20.8 Å². The Morgan fingerprint density at radius 1 is 0.727 bits per heavy atom. The van der Waals surface area contributed by atoms with E-state index in [0.29, 0.717) is 5.92 Å². The first-order chi connectivity index (χ1) is 15.7. The highest BCUT2D eigenvalue weighted by molar-refractivity contribution is 5.65. The molecular weight excluding hydrogens is 396 g/mol. The molecule has 0 saturated carbocycles. The highest BCUT2D eigenvalue weighted by Crippen LogP contribution is 2.20. The van der Waals surface area contributed by atoms with Crippen LogP contribution in [0.3, 0.4) is 0 Å². The van der Waals surface area contributed by atoms with Crippen LogP contribution >= 0.6 is 0 Å². The van der Waals surface area contributed by atoms with Crippen molar-refractivity contribution in [1.82, 2.24) is 0 Å². The zero-order chi connectivity index (χ0) is 26.1. The number of hydrogen-bond donors (Lipinski definition) is 0. The molecule has 33 heavy (non-hydrogen) atoms. The molecule has 0 bridgehead atoms. The van der Waals surface area contributed by atoms with Gasteiger partial charge in [-0.25, -0.2) is 0 Å². The molecule has 0 spiro atoms. The van der Waals surface area contributed by atoms with Crippen LogP contribution < -0.4 is 0 Å². The zero-order valence-corrected chi connectivity index (χ0v) is 24.7. The summed E-state index contributed by atoms with van der Waals surface area (Å²) in [6.45, 7) is 29.0. The summed E-state index contributed by atoms with van der Waals surface area (Å²) in [4.78, 5) is 0. The van der Waals surface area contributed by atoms with Crippen molar-refractivity contribution in [2.75, 3.05) is 0 Å². The lowest BCUT2D eigenvalue weighted by Crippen LogP contribution is -1.92. The van der Waals surface area contributed by atoms with Crippen LogP contribution in [0, 0.1) is 12.8 Å². The average molecular weight is 459 g/mol. The van der Waals surface area contributed by atoms with Crippen molar-refractivity contribution in [3.05, 3.63) is 53.6 Å². The van der Waals surface area contributed by atoms with Crippen LogP contribution in [0.2, 0.25) is 0 Å². The predicted molar refractivity (Wildman–Crippen MR) is 158 cm³/mol. The summed E-state index contributed by atoms with van der Waals surface area (Å²) >= 11 is 0. The zero-order valence-electron chi connectivity index (χ0n) is 24.7. The largest absolute Gasteiger partial charge is 0.0999 e. The molecule has 0 aliphatic carbocycles. The Bertz CT molecular complexity index is 551. The monoisotopic (exact) mass is 458 g/mol. The summed E-state index contributed by atoms with van der Waals surface area (Å²) in [6, 6.07) is 6.40. The van der Waals surface area contributed by atoms with Crippen molar-refractivity contribution >= 4 is 5.57 Å². The predicted octanol–water partition coefficient (Wildman–Crippen LogP) is 12.2. The molecule has 0 aliphatic rings. The molecule has 1 aromatic rings. The minimum atomic E-state index is 0.657. The summed E-state index contributed by atoms with van der Waals surface area (Å²) in [5.41, 5.74) is 6.55. The SMILES string of the molecule is C=C(C)C(C)C.C=C(C)c1cccc(C)c1CC.CC.CCCCCCCCCCCCC. The molecular formula is C33H62. The van der Waals surface area contributed by atoms with E-state index >= 15 is 0 Å². The van der Waals surface area contributed by atoms with Crippen molar-refractivity contribution in [1.29, 1.82) is 0 Å². The van der Waals surface area contributed by atoms with Crippen LogP contribution in [-0.2, 0) is 6.42 Å². The lowest BCUT2D eigenvalue weighted by molar-refractivity contribution is 0.554. The second-order valence-corrected chi connectivity index (χ2v) is 9.42. The molecule has 0 amide bonds. The van der Waals surface area contributed by atoms with Crippen molar-refractivity contribution < 1.29 is 0 Å². The molecule has 0 unspecified atom stereocenters. The maximum absolute atomic E-state index is 3.98. The van der Waals surface area contributed by atoms with Crippen LogP contribution in [-0.4, -0.2) is 0 Å². The Morgan fingerprint density at radius 2 is 1.09 bits per heavy atom. The Hall–Kier alpha value is -1.30. The van der Waals surface area contributed by atoms with E-state index in [4.69, 9.17) is 0 Å². The molecule has 1 rings (SSSR count). The quantitative estimate of drug-likeness (QED) is 0.203. The summed E-state index contributed by atoms with van der Waals surface area (Å²) in [7, 11) is 0. The normalized spacial score (nSPS) is 9.67. The van der Waals surface area contributed by atoms with E-state index in [0.717, 1.165) is 12.0 Å². The van der Waals surface area contributed by atoms with Gasteiger partial charge in [0.05, 0.1) is 0 Å². The highest BCUT2D eigenvalue weighted by Gasteiger charge is 2.02. The van der Waals surface area contributed by atoms with E-state index in [-0.39, 0.29) is 0 Å². The van der Waals surface area contributed by atoms with Crippen LogP contribution in [0.4, 0.5) is 0 Å². The van der Waals surface area contributed by atoms with Crippen molar-refractivity contribution in [3.8, 4) is 0 Å². The molecule has 0 aliphatic heterocycles. The second-order valence-electron chi connectivity index (χ2n) is 9.42. The topological polar surface area (TPSA) is 0 Å². The third-order valence-corrected chi connectivity index (χ3v) is 5.92. The summed E-state index contributed by atoms with van der Waals surface area (Å²) in [5, 5.41) is 0. The summed E-state index contributed by atoms with van der Waals surface area (Å²) < 4.78 is 0. The molecule has 0 nitrogen and oxygen atoms in total. The van der Waals surface area contributed by atoms with Crippen LogP contribution in [0.15, 0.2) is 36.9 Å². The van der Waals surface area contributed by atoms with Gasteiger partial charge in [-0.1, -0.05) is 162 Å². The second kappa shape index (κ2) is 26.9. The number of benzene rings is 1. The molecule has 0 atom stereocenters. The fourth-order valence-electron chi connectivity index (χ4n) is 3.31. The molecule has 0 heterocycles. The van der Waals surface area contributed by atoms with E-state index < -0.39 is 0 Å². The molecule has 1 aromatic carbocycles. The van der Waals surface area contributed by atoms with Crippen molar-refractivity contribution in [2.24, 2.45) is 5.92 Å². The Labute approximate surface area is 211 Å². The van der Waals surface area contributed by atoms with Gasteiger partial charge in [0.25, 0.3) is 0 Å². The van der Waals surface area contributed by atoms with Gasteiger partial charge >= 0.3 is 0 Å². The van der Waals surface area contributed by atoms with Gasteiger partial charge in [-0.3, -0.25) is 0 Å². The van der Waals surface area contributed by atoms with Crippen LogP contribution in [0.25, 0.3) is 5.57 Å². The number of unbranched alkanes of at least 4 members (excludes halogenated alkanes) is 10. The minimum absolute atomic E-state index is 0.657. The number of aryl methyl sites for hydroxylation is 1. The standard InChI is InChI=1S/C13H28.C12H16.C6H12.C2H6/c1-3-5-7-9-11-13-12-10-8-6-4-2;1-5-11-10(4)7-6-8-12(11)9(2)3;1-5(2)6(3)4;1-2/h3-13H2,1-2H3;6-8H,2,5H2,1,3-4H3;6H,1H2,2-4H3;1-2H3. The smallest absolute Gasteiger partial charge is 0.0199 e. The molecule has 0 aromatic heterocycles. The van der Waals surface area contributed by atoms with Gasteiger partial charge in [0.1, 0.15) is 0 Å². The minimum Gasteiger partial charge on any atom is -0.0999 e. The van der Waals surface area contributed by atoms with Gasteiger partial charge in [0.2, 0.25) is 0 Å². The van der Waals surface area contributed by atoms with Crippen LogP contribution in [0.1, 0.15) is 150 Å². The molecule has 0 fully saturated rings. The molecule has 0 N–H and O–H groups in total. The summed E-state index contributed by atoms with van der Waals surface area (Å²) in [5.74, 6) is 0.657. The Balaban J connectivity index is -0.000000417. The third-order valence-electron chi connectivity index (χ3n) is 5.92. The fraction of sp³-hybridized carbons (Fsp3) is 0.697. The van der Waals surface area contributed by atoms with E-state index in [9.17, 15) is 0 Å². The lowest BCUT2D eigenvalue weighted by atomic mass is 9.96. The first-order valence-electron chi connectivity index (χ1n) is 14.1. The highest BCUT2D eigenvalue weighted by atomic mass is 14.1. The van der Waals surface area contributed by atoms with Gasteiger partial charge in [-0.15, -0.1) is 0 Å². The molecule has 0 heteroatoms. The van der Waals surface area contributed by atoms with Gasteiger partial charge in [-0.2, -0.15) is 0 Å². The fourth-order valence-corrected chi connectivity index (χ4v) is 3.31. The van der Waals surface area contributed by atoms with Crippen molar-refractivity contribution in [2.45, 2.75) is 146 Å². The molecule has 194 valence electrons. The maximum atomic E-state index is 3.98. The Kier molecular flexibility index (Phi) is 29.6. The first kappa shape index (κ1) is 36.3. The molecule has 0 saturated heterocycles. The number of hydrogen-bond acceptors (Lipinski definition) is 0. The van der Waals surface area contributed by atoms with Gasteiger partial charge in [0, 0.05) is 0 Å².